The third kappa shape index (κ3) is 5.33. The van der Waals surface area contributed by atoms with Crippen molar-refractivity contribution < 1.29 is 14.3 Å². The van der Waals surface area contributed by atoms with Crippen LogP contribution in [0.15, 0.2) is 71.6 Å². The second-order valence-corrected chi connectivity index (χ2v) is 9.75. The van der Waals surface area contributed by atoms with Gasteiger partial charge in [-0.25, -0.2) is 0 Å². The summed E-state index contributed by atoms with van der Waals surface area (Å²) < 4.78 is 6.24. The van der Waals surface area contributed by atoms with Gasteiger partial charge in [0.15, 0.2) is 10.9 Å². The number of halogens is 1. The van der Waals surface area contributed by atoms with Crippen LogP contribution in [0.25, 0.3) is 6.08 Å². The molecule has 0 bridgehead atoms. The summed E-state index contributed by atoms with van der Waals surface area (Å²) in [6.45, 7) is 3.72. The Kier molecular flexibility index (Phi) is 7.36. The number of rotatable bonds is 6. The quantitative estimate of drug-likeness (QED) is 0.309. The lowest BCUT2D eigenvalue weighted by molar-refractivity contribution is -0.118. The first-order valence-corrected chi connectivity index (χ1v) is 12.0. The second kappa shape index (κ2) is 10.4. The number of nitrogens with zero attached hydrogens (tertiary/aromatic N) is 1. The summed E-state index contributed by atoms with van der Waals surface area (Å²) in [5.41, 5.74) is 4.09. The van der Waals surface area contributed by atoms with Gasteiger partial charge in [0.1, 0.15) is 5.75 Å². The fourth-order valence-electron chi connectivity index (χ4n) is 3.48. The van der Waals surface area contributed by atoms with Crippen LogP contribution in [0.5, 0.6) is 5.75 Å². The van der Waals surface area contributed by atoms with Gasteiger partial charge in [0.25, 0.3) is 11.8 Å². The summed E-state index contributed by atoms with van der Waals surface area (Å²) in [5.74, 6) is 0.0112. The lowest BCUT2D eigenvalue weighted by Crippen LogP contribution is -2.27. The van der Waals surface area contributed by atoms with Crippen LogP contribution in [0.3, 0.4) is 0 Å². The maximum atomic E-state index is 13.1. The van der Waals surface area contributed by atoms with E-state index in [9.17, 15) is 9.59 Å². The van der Waals surface area contributed by atoms with Gasteiger partial charge in [-0.05, 0) is 61.4 Å². The molecule has 8 heteroatoms. The van der Waals surface area contributed by atoms with Crippen LogP contribution in [0.1, 0.15) is 16.7 Å². The number of hydrogen-bond donors (Lipinski definition) is 1. The number of anilines is 2. The van der Waals surface area contributed by atoms with Crippen LogP contribution in [0, 0.1) is 13.8 Å². The maximum Gasteiger partial charge on any atom is 0.270 e. The summed E-state index contributed by atoms with van der Waals surface area (Å²) in [5, 5.41) is 3.49. The Labute approximate surface area is 212 Å². The van der Waals surface area contributed by atoms with Crippen LogP contribution < -0.4 is 15.0 Å². The van der Waals surface area contributed by atoms with E-state index >= 15 is 0 Å². The normalized spacial score (nSPS) is 14.6. The number of para-hydroxylation sites is 2. The standard InChI is InChI=1S/C26H21ClN2O3S2/c1-16-6-5-7-17(2)24(16)28-23(30)15-32-21-9-4-3-8-18(21)14-22-25(31)29(26(33)34-22)20-12-10-19(27)11-13-20/h3-14H,15H2,1-2H3,(H,28,30)/b22-14-. The van der Waals surface area contributed by atoms with Crippen molar-refractivity contribution in [2.45, 2.75) is 13.8 Å². The summed E-state index contributed by atoms with van der Waals surface area (Å²) in [7, 11) is 0. The van der Waals surface area contributed by atoms with E-state index in [1.807, 2.05) is 50.2 Å². The van der Waals surface area contributed by atoms with Crippen molar-refractivity contribution in [3.8, 4) is 5.75 Å². The molecule has 0 saturated carbocycles. The predicted molar refractivity (Wildman–Crippen MR) is 144 cm³/mol. The number of ether oxygens (including phenoxy) is 1. The molecule has 0 spiro atoms. The highest BCUT2D eigenvalue weighted by atomic mass is 35.5. The van der Waals surface area contributed by atoms with Crippen LogP contribution in [-0.4, -0.2) is 22.7 Å². The SMILES string of the molecule is Cc1cccc(C)c1NC(=O)COc1ccccc1/C=C1\SC(=S)N(c2ccc(Cl)cc2)C1=O. The smallest absolute Gasteiger partial charge is 0.270 e. The summed E-state index contributed by atoms with van der Waals surface area (Å²) >= 11 is 12.6. The van der Waals surface area contributed by atoms with Gasteiger partial charge >= 0.3 is 0 Å². The summed E-state index contributed by atoms with van der Waals surface area (Å²) in [6.07, 6.45) is 1.73. The Balaban J connectivity index is 1.49. The molecule has 0 unspecified atom stereocenters. The molecule has 0 aliphatic carbocycles. The van der Waals surface area contributed by atoms with Gasteiger partial charge in [-0.2, -0.15) is 0 Å². The van der Waals surface area contributed by atoms with Crippen molar-refractivity contribution in [3.63, 3.8) is 0 Å². The Morgan fingerprint density at radius 3 is 2.44 bits per heavy atom. The molecule has 0 radical (unpaired) electrons. The molecule has 1 heterocycles. The van der Waals surface area contributed by atoms with E-state index < -0.39 is 0 Å². The molecular formula is C26H21ClN2O3S2. The number of benzene rings is 3. The summed E-state index contributed by atoms with van der Waals surface area (Å²) in [4.78, 5) is 27.5. The number of thiocarbonyl (C=S) groups is 1. The fraction of sp³-hybridized carbons (Fsp3) is 0.115. The van der Waals surface area contributed by atoms with E-state index in [1.54, 1.807) is 36.4 Å². The minimum absolute atomic E-state index is 0.162. The number of nitrogens with one attached hydrogen (secondary N) is 1. The zero-order chi connectivity index (χ0) is 24.2. The molecule has 5 nitrogen and oxygen atoms in total. The molecule has 3 aromatic rings. The van der Waals surface area contributed by atoms with Crippen molar-refractivity contribution in [3.05, 3.63) is 93.3 Å². The van der Waals surface area contributed by atoms with Crippen molar-refractivity contribution in [2.24, 2.45) is 0 Å². The molecular weight excluding hydrogens is 488 g/mol. The van der Waals surface area contributed by atoms with Crippen molar-refractivity contribution in [1.82, 2.24) is 0 Å². The molecule has 0 aromatic heterocycles. The van der Waals surface area contributed by atoms with E-state index in [4.69, 9.17) is 28.6 Å². The van der Waals surface area contributed by atoms with E-state index in [2.05, 4.69) is 5.32 Å². The van der Waals surface area contributed by atoms with Crippen LogP contribution in [-0.2, 0) is 9.59 Å². The lowest BCUT2D eigenvalue weighted by Gasteiger charge is -2.14. The van der Waals surface area contributed by atoms with Gasteiger partial charge in [-0.15, -0.1) is 0 Å². The number of hydrogen-bond acceptors (Lipinski definition) is 5. The third-order valence-electron chi connectivity index (χ3n) is 5.19. The van der Waals surface area contributed by atoms with Gasteiger partial charge in [-0.3, -0.25) is 14.5 Å². The molecule has 1 fully saturated rings. The number of aryl methyl sites for hydroxylation is 2. The number of amides is 2. The molecule has 3 aromatic carbocycles. The zero-order valence-electron chi connectivity index (χ0n) is 18.5. The molecule has 1 N–H and O–H groups in total. The lowest BCUT2D eigenvalue weighted by atomic mass is 10.1. The molecule has 0 atom stereocenters. The number of carbonyl (C=O) groups is 2. The van der Waals surface area contributed by atoms with Crippen LogP contribution in [0.4, 0.5) is 11.4 Å². The second-order valence-electron chi connectivity index (χ2n) is 7.64. The van der Waals surface area contributed by atoms with E-state index in [1.165, 1.54) is 16.7 Å². The van der Waals surface area contributed by atoms with Gasteiger partial charge < -0.3 is 10.1 Å². The van der Waals surface area contributed by atoms with Crippen molar-refractivity contribution in [2.75, 3.05) is 16.8 Å². The first-order valence-electron chi connectivity index (χ1n) is 10.4. The number of carbonyl (C=O) groups excluding carboxylic acids is 2. The van der Waals surface area contributed by atoms with Gasteiger partial charge in [-0.1, -0.05) is 72.0 Å². The molecule has 4 rings (SSSR count). The zero-order valence-corrected chi connectivity index (χ0v) is 20.9. The highest BCUT2D eigenvalue weighted by molar-refractivity contribution is 8.27. The highest BCUT2D eigenvalue weighted by Gasteiger charge is 2.33. The molecule has 1 aliphatic heterocycles. The van der Waals surface area contributed by atoms with Crippen molar-refractivity contribution in [1.29, 1.82) is 0 Å². The van der Waals surface area contributed by atoms with E-state index in [0.717, 1.165) is 16.8 Å². The molecule has 1 aliphatic rings. The van der Waals surface area contributed by atoms with Crippen LogP contribution in [0.2, 0.25) is 5.02 Å². The predicted octanol–water partition coefficient (Wildman–Crippen LogP) is 6.38. The Hall–Kier alpha value is -3.13. The Morgan fingerprint density at radius 1 is 1.06 bits per heavy atom. The van der Waals surface area contributed by atoms with E-state index in [-0.39, 0.29) is 18.4 Å². The molecule has 2 amide bonds. The Bertz CT molecular complexity index is 1290. The third-order valence-corrected chi connectivity index (χ3v) is 6.74. The minimum Gasteiger partial charge on any atom is -0.483 e. The minimum atomic E-state index is -0.263. The average molecular weight is 509 g/mol. The fourth-order valence-corrected chi connectivity index (χ4v) is 4.90. The first-order chi connectivity index (χ1) is 16.3. The molecule has 172 valence electrons. The maximum absolute atomic E-state index is 13.1. The first kappa shape index (κ1) is 24.0. The molecule has 34 heavy (non-hydrogen) atoms. The van der Waals surface area contributed by atoms with E-state index in [0.29, 0.717) is 31.2 Å². The van der Waals surface area contributed by atoms with Crippen molar-refractivity contribution >= 4 is 69.2 Å². The molecule has 1 saturated heterocycles. The highest BCUT2D eigenvalue weighted by Crippen LogP contribution is 2.37. The van der Waals surface area contributed by atoms with Gasteiger partial charge in [0.2, 0.25) is 0 Å². The van der Waals surface area contributed by atoms with Crippen LogP contribution >= 0.6 is 35.6 Å². The van der Waals surface area contributed by atoms with Gasteiger partial charge in [0.05, 0.1) is 10.6 Å². The Morgan fingerprint density at radius 2 is 1.74 bits per heavy atom. The largest absolute Gasteiger partial charge is 0.483 e. The topological polar surface area (TPSA) is 58.6 Å². The number of thioether (sulfide) groups is 1. The monoisotopic (exact) mass is 508 g/mol. The van der Waals surface area contributed by atoms with Gasteiger partial charge in [0, 0.05) is 16.3 Å². The average Bonchev–Trinajstić information content (AvgIpc) is 3.09. The summed E-state index contributed by atoms with van der Waals surface area (Å²) in [6, 6.07) is 20.0.